The molecule has 3 nitrogen and oxygen atoms in total. The van der Waals surface area contributed by atoms with Gasteiger partial charge in [0.15, 0.2) is 5.78 Å². The third-order valence-corrected chi connectivity index (χ3v) is 2.92. The van der Waals surface area contributed by atoms with Crippen molar-refractivity contribution in [2.75, 3.05) is 6.54 Å². The highest BCUT2D eigenvalue weighted by molar-refractivity contribution is 5.82. The van der Waals surface area contributed by atoms with E-state index in [0.29, 0.717) is 19.0 Å². The van der Waals surface area contributed by atoms with Crippen LogP contribution in [0.2, 0.25) is 0 Å². The van der Waals surface area contributed by atoms with Crippen LogP contribution in [-0.2, 0) is 11.2 Å². The van der Waals surface area contributed by atoms with E-state index in [2.05, 4.69) is 5.32 Å². The van der Waals surface area contributed by atoms with Gasteiger partial charge in [-0.1, -0.05) is 12.8 Å². The summed E-state index contributed by atoms with van der Waals surface area (Å²) in [6.07, 6.45) is 8.76. The van der Waals surface area contributed by atoms with Crippen molar-refractivity contribution in [1.82, 2.24) is 5.32 Å². The molecule has 82 valence electrons. The number of Topliss-reactive ketones (excluding diaryl/α,β-unsaturated/α-hetero) is 1. The Kier molecular flexibility index (Phi) is 3.56. The minimum atomic E-state index is 0.239. The molecule has 1 aromatic rings. The Morgan fingerprint density at radius 1 is 1.47 bits per heavy atom. The fraction of sp³-hybridized carbons (Fsp3) is 0.583. The quantitative estimate of drug-likeness (QED) is 0.802. The van der Waals surface area contributed by atoms with Gasteiger partial charge in [0.1, 0.15) is 0 Å². The molecule has 1 fully saturated rings. The molecule has 0 atom stereocenters. The second-order valence-electron chi connectivity index (χ2n) is 4.21. The van der Waals surface area contributed by atoms with Gasteiger partial charge in [-0.25, -0.2) is 0 Å². The average molecular weight is 207 g/mol. The molecule has 0 radical (unpaired) electrons. The summed E-state index contributed by atoms with van der Waals surface area (Å²) in [5.74, 6) is 0.239. The smallest absolute Gasteiger partial charge is 0.151 e. The van der Waals surface area contributed by atoms with Crippen LogP contribution in [0, 0.1) is 0 Å². The van der Waals surface area contributed by atoms with E-state index in [9.17, 15) is 4.79 Å². The molecule has 3 heteroatoms. The van der Waals surface area contributed by atoms with Crippen molar-refractivity contribution in [1.29, 1.82) is 0 Å². The van der Waals surface area contributed by atoms with Gasteiger partial charge in [-0.3, -0.25) is 4.79 Å². The summed E-state index contributed by atoms with van der Waals surface area (Å²) in [5.41, 5.74) is 0.966. The van der Waals surface area contributed by atoms with Gasteiger partial charge in [0.25, 0.3) is 0 Å². The maximum Gasteiger partial charge on any atom is 0.151 e. The summed E-state index contributed by atoms with van der Waals surface area (Å²) in [5, 5.41) is 3.31. The first-order valence-electron chi connectivity index (χ1n) is 5.61. The highest BCUT2D eigenvalue weighted by Crippen LogP contribution is 2.17. The lowest BCUT2D eigenvalue weighted by Crippen LogP contribution is -2.32. The summed E-state index contributed by atoms with van der Waals surface area (Å²) >= 11 is 0. The van der Waals surface area contributed by atoms with Gasteiger partial charge < -0.3 is 9.73 Å². The van der Waals surface area contributed by atoms with E-state index < -0.39 is 0 Å². The minimum absolute atomic E-state index is 0.239. The summed E-state index contributed by atoms with van der Waals surface area (Å²) in [6.45, 7) is 0.496. The summed E-state index contributed by atoms with van der Waals surface area (Å²) < 4.78 is 4.92. The van der Waals surface area contributed by atoms with E-state index in [-0.39, 0.29) is 5.78 Å². The van der Waals surface area contributed by atoms with Gasteiger partial charge in [0.05, 0.1) is 19.1 Å². The molecule has 0 aromatic carbocycles. The zero-order valence-electron chi connectivity index (χ0n) is 8.87. The molecule has 0 unspecified atom stereocenters. The maximum absolute atomic E-state index is 11.6. The van der Waals surface area contributed by atoms with Crippen molar-refractivity contribution >= 4 is 5.78 Å². The van der Waals surface area contributed by atoms with Gasteiger partial charge in [0.2, 0.25) is 0 Å². The molecule has 0 saturated heterocycles. The number of carbonyl (C=O) groups is 1. The van der Waals surface area contributed by atoms with Crippen LogP contribution in [0.25, 0.3) is 0 Å². The molecule has 1 N–H and O–H groups in total. The van der Waals surface area contributed by atoms with Gasteiger partial charge in [0, 0.05) is 12.5 Å². The first-order valence-corrected chi connectivity index (χ1v) is 5.61. The van der Waals surface area contributed by atoms with E-state index in [1.807, 2.05) is 6.07 Å². The lowest BCUT2D eigenvalue weighted by atomic mass is 10.1. The highest BCUT2D eigenvalue weighted by atomic mass is 16.3. The van der Waals surface area contributed by atoms with E-state index in [1.54, 1.807) is 12.5 Å². The molecular formula is C12H17NO2. The summed E-state index contributed by atoms with van der Waals surface area (Å²) in [6, 6.07) is 2.41. The Morgan fingerprint density at radius 2 is 2.27 bits per heavy atom. The maximum atomic E-state index is 11.6. The second kappa shape index (κ2) is 5.12. The number of ketones is 1. The normalized spacial score (nSPS) is 17.1. The van der Waals surface area contributed by atoms with Gasteiger partial charge in [-0.05, 0) is 24.5 Å². The van der Waals surface area contributed by atoms with Crippen LogP contribution in [0.15, 0.2) is 23.0 Å². The standard InChI is InChI=1S/C12H17NO2/c14-12(7-10-5-6-15-9-10)8-13-11-3-1-2-4-11/h5-6,9,11,13H,1-4,7-8H2. The van der Waals surface area contributed by atoms with E-state index >= 15 is 0 Å². The highest BCUT2D eigenvalue weighted by Gasteiger charge is 2.15. The Hall–Kier alpha value is -1.09. The Morgan fingerprint density at radius 3 is 2.93 bits per heavy atom. The number of carbonyl (C=O) groups excluding carboxylic acids is 1. The predicted octanol–water partition coefficient (Wildman–Crippen LogP) is 1.92. The van der Waals surface area contributed by atoms with Crippen LogP contribution < -0.4 is 5.32 Å². The first-order chi connectivity index (χ1) is 7.34. The largest absolute Gasteiger partial charge is 0.472 e. The molecule has 1 heterocycles. The molecule has 1 aliphatic carbocycles. The van der Waals surface area contributed by atoms with Crippen LogP contribution in [0.5, 0.6) is 0 Å². The molecule has 2 rings (SSSR count). The topological polar surface area (TPSA) is 42.2 Å². The number of hydrogen-bond acceptors (Lipinski definition) is 3. The molecule has 0 aliphatic heterocycles. The van der Waals surface area contributed by atoms with E-state index in [4.69, 9.17) is 4.42 Å². The molecule has 1 aliphatic rings. The molecule has 15 heavy (non-hydrogen) atoms. The summed E-state index contributed by atoms with van der Waals surface area (Å²) in [4.78, 5) is 11.6. The SMILES string of the molecule is O=C(CNC1CCCC1)Cc1ccoc1. The van der Waals surface area contributed by atoms with Crippen LogP contribution in [-0.4, -0.2) is 18.4 Å². The third kappa shape index (κ3) is 3.20. The van der Waals surface area contributed by atoms with Crippen LogP contribution >= 0.6 is 0 Å². The van der Waals surface area contributed by atoms with Gasteiger partial charge in [-0.2, -0.15) is 0 Å². The second-order valence-corrected chi connectivity index (χ2v) is 4.21. The van der Waals surface area contributed by atoms with Crippen molar-refractivity contribution in [3.63, 3.8) is 0 Å². The fourth-order valence-corrected chi connectivity index (χ4v) is 2.07. The average Bonchev–Trinajstić information content (AvgIpc) is 2.86. The minimum Gasteiger partial charge on any atom is -0.472 e. The number of rotatable bonds is 5. The molecule has 1 saturated carbocycles. The lowest BCUT2D eigenvalue weighted by molar-refractivity contribution is -0.117. The van der Waals surface area contributed by atoms with E-state index in [0.717, 1.165) is 5.56 Å². The number of hydrogen-bond donors (Lipinski definition) is 1. The van der Waals surface area contributed by atoms with Crippen molar-refractivity contribution < 1.29 is 9.21 Å². The molecule has 0 bridgehead atoms. The predicted molar refractivity (Wildman–Crippen MR) is 57.7 cm³/mol. The van der Waals surface area contributed by atoms with Crippen LogP contribution in [0.3, 0.4) is 0 Å². The molecule has 1 aromatic heterocycles. The Bertz CT molecular complexity index is 299. The van der Waals surface area contributed by atoms with Crippen molar-refractivity contribution in [3.8, 4) is 0 Å². The van der Waals surface area contributed by atoms with E-state index in [1.165, 1.54) is 25.7 Å². The third-order valence-electron chi connectivity index (χ3n) is 2.92. The molecule has 0 amide bonds. The van der Waals surface area contributed by atoms with Crippen molar-refractivity contribution in [2.24, 2.45) is 0 Å². The van der Waals surface area contributed by atoms with Crippen LogP contribution in [0.4, 0.5) is 0 Å². The lowest BCUT2D eigenvalue weighted by Gasteiger charge is -2.10. The Labute approximate surface area is 89.9 Å². The fourth-order valence-electron chi connectivity index (χ4n) is 2.07. The zero-order chi connectivity index (χ0) is 10.5. The van der Waals surface area contributed by atoms with Gasteiger partial charge in [-0.15, -0.1) is 0 Å². The molecule has 0 spiro atoms. The Balaban J connectivity index is 1.68. The monoisotopic (exact) mass is 207 g/mol. The zero-order valence-corrected chi connectivity index (χ0v) is 8.87. The van der Waals surface area contributed by atoms with Crippen molar-refractivity contribution in [2.45, 2.75) is 38.1 Å². The van der Waals surface area contributed by atoms with Crippen molar-refractivity contribution in [3.05, 3.63) is 24.2 Å². The summed E-state index contributed by atoms with van der Waals surface area (Å²) in [7, 11) is 0. The first kappa shape index (κ1) is 10.4. The molecular weight excluding hydrogens is 190 g/mol. The van der Waals surface area contributed by atoms with Crippen LogP contribution in [0.1, 0.15) is 31.2 Å². The number of furan rings is 1. The number of nitrogens with one attached hydrogen (secondary N) is 1. The van der Waals surface area contributed by atoms with Gasteiger partial charge >= 0.3 is 0 Å².